The highest BCUT2D eigenvalue weighted by molar-refractivity contribution is 6.31. The Kier molecular flexibility index (Phi) is 5.69. The van der Waals surface area contributed by atoms with E-state index < -0.39 is 0 Å². The number of aromatic nitrogens is 3. The van der Waals surface area contributed by atoms with Crippen LogP contribution in [0.5, 0.6) is 0 Å². The Hall–Kier alpha value is -3.42. The van der Waals surface area contributed by atoms with E-state index in [0.717, 1.165) is 11.3 Å². The smallest absolute Gasteiger partial charge is 0.238 e. The van der Waals surface area contributed by atoms with Crippen molar-refractivity contribution in [2.75, 3.05) is 11.9 Å². The second-order valence-electron chi connectivity index (χ2n) is 6.29. The highest BCUT2D eigenvalue weighted by atomic mass is 35.5. The van der Waals surface area contributed by atoms with Crippen molar-refractivity contribution in [1.82, 2.24) is 20.1 Å². The summed E-state index contributed by atoms with van der Waals surface area (Å²) in [5.74, 6) is 0.510. The number of amides is 1. The van der Waals surface area contributed by atoms with Gasteiger partial charge >= 0.3 is 0 Å². The van der Waals surface area contributed by atoms with Crippen LogP contribution in [0, 0.1) is 0 Å². The molecule has 0 aliphatic carbocycles. The van der Waals surface area contributed by atoms with Gasteiger partial charge in [-0.1, -0.05) is 41.9 Å². The molecule has 1 amide bonds. The molecule has 0 bridgehead atoms. The first-order valence-electron chi connectivity index (χ1n) is 8.97. The van der Waals surface area contributed by atoms with Crippen LogP contribution in [0.1, 0.15) is 17.4 Å². The van der Waals surface area contributed by atoms with Crippen LogP contribution in [0.3, 0.4) is 0 Å². The average Bonchev–Trinajstić information content (AvgIpc) is 3.44. The summed E-state index contributed by atoms with van der Waals surface area (Å²) in [5.41, 5.74) is 2.22. The van der Waals surface area contributed by atoms with Crippen LogP contribution in [-0.2, 0) is 4.79 Å². The molecule has 0 fully saturated rings. The van der Waals surface area contributed by atoms with E-state index in [2.05, 4.69) is 20.7 Å². The van der Waals surface area contributed by atoms with E-state index in [4.69, 9.17) is 16.0 Å². The van der Waals surface area contributed by atoms with Crippen LogP contribution in [-0.4, -0.2) is 27.2 Å². The summed E-state index contributed by atoms with van der Waals surface area (Å²) in [7, 11) is 0. The largest absolute Gasteiger partial charge is 0.467 e. The van der Waals surface area contributed by atoms with Gasteiger partial charge in [-0.25, -0.2) is 9.67 Å². The van der Waals surface area contributed by atoms with Gasteiger partial charge in [0.05, 0.1) is 30.2 Å². The number of anilines is 1. The predicted octanol–water partition coefficient (Wildman–Crippen LogP) is 3.83. The second-order valence-corrected chi connectivity index (χ2v) is 6.73. The van der Waals surface area contributed by atoms with Crippen LogP contribution in [0.2, 0.25) is 5.02 Å². The van der Waals surface area contributed by atoms with Crippen LogP contribution in [0.15, 0.2) is 84.0 Å². The number of rotatable bonds is 7. The molecule has 4 aromatic rings. The van der Waals surface area contributed by atoms with Crippen molar-refractivity contribution >= 4 is 23.2 Å². The normalized spacial score (nSPS) is 11.9. The first-order chi connectivity index (χ1) is 14.2. The van der Waals surface area contributed by atoms with Gasteiger partial charge in [0.25, 0.3) is 0 Å². The first-order valence-corrected chi connectivity index (χ1v) is 9.34. The lowest BCUT2D eigenvalue weighted by molar-refractivity contribution is -0.115. The van der Waals surface area contributed by atoms with Gasteiger partial charge in [-0.2, -0.15) is 5.10 Å². The molecule has 2 aromatic carbocycles. The molecule has 146 valence electrons. The van der Waals surface area contributed by atoms with Crippen molar-refractivity contribution in [3.8, 4) is 5.69 Å². The average molecular weight is 408 g/mol. The van der Waals surface area contributed by atoms with Gasteiger partial charge < -0.3 is 9.73 Å². The molecule has 29 heavy (non-hydrogen) atoms. The molecular weight excluding hydrogens is 390 g/mol. The third-order valence-corrected chi connectivity index (χ3v) is 4.56. The second kappa shape index (κ2) is 8.72. The molecule has 2 N–H and O–H groups in total. The fraction of sp³-hybridized carbons (Fsp3) is 0.0952. The Bertz CT molecular complexity index is 1070. The van der Waals surface area contributed by atoms with Gasteiger partial charge in [-0.05, 0) is 35.9 Å². The zero-order valence-corrected chi connectivity index (χ0v) is 16.1. The van der Waals surface area contributed by atoms with Crippen LogP contribution >= 0.6 is 11.6 Å². The van der Waals surface area contributed by atoms with Crippen LogP contribution < -0.4 is 10.6 Å². The molecule has 0 spiro atoms. The third kappa shape index (κ3) is 4.53. The fourth-order valence-corrected chi connectivity index (χ4v) is 3.19. The number of carbonyl (C=O) groups excluding carboxylic acids is 1. The minimum absolute atomic E-state index is 0.0730. The van der Waals surface area contributed by atoms with Gasteiger partial charge in [-0.15, -0.1) is 0 Å². The summed E-state index contributed by atoms with van der Waals surface area (Å²) in [6.45, 7) is 0.0730. The number of nitrogens with zero attached hydrogens (tertiary/aromatic N) is 3. The highest BCUT2D eigenvalue weighted by Crippen LogP contribution is 2.25. The molecule has 0 aliphatic rings. The maximum Gasteiger partial charge on any atom is 0.238 e. The van der Waals surface area contributed by atoms with Gasteiger partial charge in [0.1, 0.15) is 18.4 Å². The van der Waals surface area contributed by atoms with Crippen molar-refractivity contribution in [2.24, 2.45) is 0 Å². The monoisotopic (exact) mass is 407 g/mol. The van der Waals surface area contributed by atoms with Gasteiger partial charge in [0.2, 0.25) is 5.91 Å². The van der Waals surface area contributed by atoms with Crippen molar-refractivity contribution < 1.29 is 9.21 Å². The number of nitrogens with one attached hydrogen (secondary N) is 2. The SMILES string of the molecule is O=C(CN[C@H](c1ccccc1)c1ccco1)Nc1cc(Cl)ccc1-n1cncn1. The first kappa shape index (κ1) is 18.9. The van der Waals surface area contributed by atoms with E-state index in [1.165, 1.54) is 6.33 Å². The van der Waals surface area contributed by atoms with E-state index in [0.29, 0.717) is 16.4 Å². The molecule has 2 aromatic heterocycles. The molecule has 0 saturated heterocycles. The van der Waals surface area contributed by atoms with Gasteiger partial charge in [0.15, 0.2) is 0 Å². The van der Waals surface area contributed by atoms with Gasteiger partial charge in [0, 0.05) is 5.02 Å². The molecule has 0 saturated carbocycles. The number of hydrogen-bond donors (Lipinski definition) is 2. The maximum atomic E-state index is 12.7. The predicted molar refractivity (Wildman–Crippen MR) is 110 cm³/mol. The fourth-order valence-electron chi connectivity index (χ4n) is 3.01. The Morgan fingerprint density at radius 1 is 1.14 bits per heavy atom. The number of halogens is 1. The van der Waals surface area contributed by atoms with Crippen LogP contribution in [0.4, 0.5) is 5.69 Å². The molecule has 0 aliphatic heterocycles. The van der Waals surface area contributed by atoms with E-state index in [9.17, 15) is 4.79 Å². The summed E-state index contributed by atoms with van der Waals surface area (Å²) in [4.78, 5) is 16.6. The van der Waals surface area contributed by atoms with Crippen molar-refractivity contribution in [3.05, 3.63) is 95.9 Å². The number of hydrogen-bond acceptors (Lipinski definition) is 5. The summed E-state index contributed by atoms with van der Waals surface area (Å²) >= 11 is 6.11. The lowest BCUT2D eigenvalue weighted by atomic mass is 10.0. The maximum absolute atomic E-state index is 12.7. The summed E-state index contributed by atoms with van der Waals surface area (Å²) < 4.78 is 7.12. The van der Waals surface area contributed by atoms with Crippen LogP contribution in [0.25, 0.3) is 5.69 Å². The standard InChI is InChI=1S/C21H18ClN5O2/c22-16-8-9-18(27-14-23-13-25-27)17(11-16)26-20(28)12-24-21(19-7-4-10-29-19)15-5-2-1-3-6-15/h1-11,13-14,21,24H,12H2,(H,26,28)/t21-/m1/s1. The summed E-state index contributed by atoms with van der Waals surface area (Å²) in [6, 6.07) is 18.4. The zero-order chi connectivity index (χ0) is 20.1. The van der Waals surface area contributed by atoms with Crippen molar-refractivity contribution in [1.29, 1.82) is 0 Å². The minimum atomic E-state index is -0.244. The Morgan fingerprint density at radius 3 is 2.72 bits per heavy atom. The number of benzene rings is 2. The van der Waals surface area contributed by atoms with E-state index in [-0.39, 0.29) is 18.5 Å². The molecule has 8 heteroatoms. The minimum Gasteiger partial charge on any atom is -0.467 e. The van der Waals surface area contributed by atoms with Crippen molar-refractivity contribution in [2.45, 2.75) is 6.04 Å². The molecule has 0 radical (unpaired) electrons. The number of furan rings is 1. The Morgan fingerprint density at radius 2 is 2.00 bits per heavy atom. The third-order valence-electron chi connectivity index (χ3n) is 4.33. The topological polar surface area (TPSA) is 85.0 Å². The molecule has 1 atom stereocenters. The summed E-state index contributed by atoms with van der Waals surface area (Å²) in [5, 5.41) is 10.8. The molecule has 2 heterocycles. The molecule has 0 unspecified atom stereocenters. The van der Waals surface area contributed by atoms with Crippen molar-refractivity contribution in [3.63, 3.8) is 0 Å². The lowest BCUT2D eigenvalue weighted by Gasteiger charge is -2.17. The zero-order valence-electron chi connectivity index (χ0n) is 15.3. The summed E-state index contributed by atoms with van der Waals surface area (Å²) in [6.07, 6.45) is 4.60. The Balaban J connectivity index is 1.49. The van der Waals surface area contributed by atoms with E-state index in [1.54, 1.807) is 35.5 Å². The molecule has 7 nitrogen and oxygen atoms in total. The molecular formula is C21H18ClN5O2. The molecule has 4 rings (SSSR count). The van der Waals surface area contributed by atoms with E-state index in [1.807, 2.05) is 42.5 Å². The van der Waals surface area contributed by atoms with Gasteiger partial charge in [-0.3, -0.25) is 10.1 Å². The Labute approximate surface area is 172 Å². The lowest BCUT2D eigenvalue weighted by Crippen LogP contribution is -2.32. The number of carbonyl (C=O) groups is 1. The van der Waals surface area contributed by atoms with E-state index >= 15 is 0 Å². The highest BCUT2D eigenvalue weighted by Gasteiger charge is 2.18. The quantitative estimate of drug-likeness (QED) is 0.486.